The van der Waals surface area contributed by atoms with Gasteiger partial charge in [-0.15, -0.1) is 0 Å². The minimum atomic E-state index is 0.0495. The van der Waals surface area contributed by atoms with Gasteiger partial charge in [0, 0.05) is 24.6 Å². The molecule has 0 spiro atoms. The second kappa shape index (κ2) is 8.50. The van der Waals surface area contributed by atoms with Crippen molar-refractivity contribution in [1.82, 2.24) is 9.55 Å². The van der Waals surface area contributed by atoms with Gasteiger partial charge in [0.2, 0.25) is 5.91 Å². The molecule has 162 valence electrons. The fourth-order valence-electron chi connectivity index (χ4n) is 4.58. The number of aromatic nitrogens is 2. The monoisotopic (exact) mass is 425 g/mol. The molecule has 4 aromatic rings. The molecule has 0 saturated carbocycles. The number of para-hydroxylation sites is 3. The maximum absolute atomic E-state index is 12.9. The molecule has 3 aromatic carbocycles. The Morgan fingerprint density at radius 3 is 2.66 bits per heavy atom. The minimum absolute atomic E-state index is 0.0495. The van der Waals surface area contributed by atoms with Crippen LogP contribution < -0.4 is 9.64 Å². The molecule has 1 atom stereocenters. The molecule has 32 heavy (non-hydrogen) atoms. The average Bonchev–Trinajstić information content (AvgIpc) is 3.35. The van der Waals surface area contributed by atoms with E-state index in [0.717, 1.165) is 33.9 Å². The van der Waals surface area contributed by atoms with Crippen molar-refractivity contribution in [1.29, 1.82) is 0 Å². The van der Waals surface area contributed by atoms with Crippen molar-refractivity contribution in [2.24, 2.45) is 0 Å². The average molecular weight is 426 g/mol. The lowest BCUT2D eigenvalue weighted by atomic mass is 10.1. The maximum Gasteiger partial charge on any atom is 0.227 e. The number of benzene rings is 3. The van der Waals surface area contributed by atoms with Crippen LogP contribution in [0.4, 0.5) is 5.69 Å². The van der Waals surface area contributed by atoms with Crippen molar-refractivity contribution in [2.75, 3.05) is 18.1 Å². The number of nitrogens with zero attached hydrogens (tertiary/aromatic N) is 3. The lowest BCUT2D eigenvalue weighted by Crippen LogP contribution is -2.25. The van der Waals surface area contributed by atoms with Gasteiger partial charge in [0.05, 0.1) is 17.6 Å². The van der Waals surface area contributed by atoms with Gasteiger partial charge < -0.3 is 14.2 Å². The molecule has 0 unspecified atom stereocenters. The van der Waals surface area contributed by atoms with Crippen molar-refractivity contribution in [3.05, 3.63) is 89.7 Å². The van der Waals surface area contributed by atoms with Crippen LogP contribution in [0.2, 0.25) is 0 Å². The summed E-state index contributed by atoms with van der Waals surface area (Å²) < 4.78 is 8.25. The predicted octanol–water partition coefficient (Wildman–Crippen LogP) is 5.25. The summed E-state index contributed by atoms with van der Waals surface area (Å²) in [6, 6.07) is 24.3. The Bertz CT molecular complexity index is 1280. The number of fused-ring (bicyclic) bond motifs is 1. The molecule has 5 nitrogen and oxygen atoms in total. The Morgan fingerprint density at radius 1 is 1.00 bits per heavy atom. The summed E-state index contributed by atoms with van der Waals surface area (Å²) in [7, 11) is 0. The van der Waals surface area contributed by atoms with Crippen LogP contribution in [0.15, 0.2) is 72.8 Å². The van der Waals surface area contributed by atoms with E-state index in [1.165, 1.54) is 5.56 Å². The number of carbonyl (C=O) groups excluding carboxylic acids is 1. The van der Waals surface area contributed by atoms with Gasteiger partial charge in [-0.3, -0.25) is 4.79 Å². The molecule has 5 rings (SSSR count). The largest absolute Gasteiger partial charge is 0.492 e. The topological polar surface area (TPSA) is 47.4 Å². The van der Waals surface area contributed by atoms with Crippen LogP contribution in [0.5, 0.6) is 5.75 Å². The minimum Gasteiger partial charge on any atom is -0.492 e. The molecule has 1 aromatic heterocycles. The number of rotatable bonds is 6. The van der Waals surface area contributed by atoms with Gasteiger partial charge >= 0.3 is 0 Å². The molecule has 0 bridgehead atoms. The zero-order valence-electron chi connectivity index (χ0n) is 18.5. The second-order valence-corrected chi connectivity index (χ2v) is 8.47. The Balaban J connectivity index is 1.41. The van der Waals surface area contributed by atoms with E-state index in [1.54, 1.807) is 0 Å². The van der Waals surface area contributed by atoms with Gasteiger partial charge in [-0.05, 0) is 55.3 Å². The van der Waals surface area contributed by atoms with E-state index < -0.39 is 0 Å². The number of imidazole rings is 1. The van der Waals surface area contributed by atoms with Crippen molar-refractivity contribution in [3.63, 3.8) is 0 Å². The van der Waals surface area contributed by atoms with Crippen LogP contribution in [0.3, 0.4) is 0 Å². The summed E-state index contributed by atoms with van der Waals surface area (Å²) in [4.78, 5) is 19.8. The highest BCUT2D eigenvalue weighted by Gasteiger charge is 2.35. The first-order valence-electron chi connectivity index (χ1n) is 11.1. The number of carbonyl (C=O) groups is 1. The van der Waals surface area contributed by atoms with Gasteiger partial charge in [0.25, 0.3) is 0 Å². The van der Waals surface area contributed by atoms with Crippen LogP contribution in [0.25, 0.3) is 11.0 Å². The Morgan fingerprint density at radius 2 is 1.81 bits per heavy atom. The van der Waals surface area contributed by atoms with Gasteiger partial charge in [0.1, 0.15) is 18.2 Å². The molecular formula is C27H27N3O2. The zero-order valence-corrected chi connectivity index (χ0v) is 18.5. The van der Waals surface area contributed by atoms with E-state index in [0.29, 0.717) is 26.1 Å². The number of anilines is 1. The summed E-state index contributed by atoms with van der Waals surface area (Å²) >= 11 is 0. The quantitative estimate of drug-likeness (QED) is 0.424. The van der Waals surface area contributed by atoms with Gasteiger partial charge in [-0.1, -0.05) is 42.5 Å². The SMILES string of the molecule is Cc1cccc(OCCn2c([C@@H]3CC(=O)N(c4ccccc4C)C3)nc3ccccc32)c1. The third-order valence-corrected chi connectivity index (χ3v) is 6.15. The van der Waals surface area contributed by atoms with Crippen LogP contribution in [-0.4, -0.2) is 28.6 Å². The molecule has 1 amide bonds. The number of amides is 1. The fraction of sp³-hybridized carbons (Fsp3) is 0.259. The zero-order chi connectivity index (χ0) is 22.1. The number of ether oxygens (including phenoxy) is 1. The first-order chi connectivity index (χ1) is 15.6. The predicted molar refractivity (Wildman–Crippen MR) is 127 cm³/mol. The fourth-order valence-corrected chi connectivity index (χ4v) is 4.58. The Kier molecular flexibility index (Phi) is 5.39. The van der Waals surface area contributed by atoms with Gasteiger partial charge in [-0.25, -0.2) is 4.98 Å². The summed E-state index contributed by atoms with van der Waals surface area (Å²) in [6.45, 7) is 5.98. The molecule has 0 aliphatic carbocycles. The van der Waals surface area contributed by atoms with Crippen molar-refractivity contribution >= 4 is 22.6 Å². The normalized spacial score (nSPS) is 16.1. The molecule has 1 saturated heterocycles. The highest BCUT2D eigenvalue weighted by Crippen LogP contribution is 2.34. The number of hydrogen-bond acceptors (Lipinski definition) is 3. The standard InChI is InChI=1S/C27H27N3O2/c1-19-8-7-10-22(16-19)32-15-14-29-25-13-6-4-11-23(25)28-27(29)21-17-26(31)30(18-21)24-12-5-3-9-20(24)2/h3-13,16,21H,14-15,17-18H2,1-2H3/t21-/m1/s1. The first-order valence-corrected chi connectivity index (χ1v) is 11.1. The van der Waals surface area contributed by atoms with Crippen molar-refractivity contribution in [2.45, 2.75) is 32.7 Å². The lowest BCUT2D eigenvalue weighted by molar-refractivity contribution is -0.117. The van der Waals surface area contributed by atoms with Crippen LogP contribution >= 0.6 is 0 Å². The third-order valence-electron chi connectivity index (χ3n) is 6.15. The summed E-state index contributed by atoms with van der Waals surface area (Å²) in [6.07, 6.45) is 0.469. The maximum atomic E-state index is 12.9. The molecule has 2 heterocycles. The van der Waals surface area contributed by atoms with E-state index in [9.17, 15) is 4.79 Å². The molecule has 1 aliphatic rings. The molecular weight excluding hydrogens is 398 g/mol. The van der Waals surface area contributed by atoms with Crippen LogP contribution in [0.1, 0.15) is 29.3 Å². The van der Waals surface area contributed by atoms with E-state index in [-0.39, 0.29) is 11.8 Å². The van der Waals surface area contributed by atoms with Crippen molar-refractivity contribution < 1.29 is 9.53 Å². The molecule has 1 fully saturated rings. The van der Waals surface area contributed by atoms with Crippen LogP contribution in [-0.2, 0) is 11.3 Å². The second-order valence-electron chi connectivity index (χ2n) is 8.47. The molecule has 0 radical (unpaired) electrons. The van der Waals surface area contributed by atoms with E-state index in [1.807, 2.05) is 72.5 Å². The molecule has 0 N–H and O–H groups in total. The highest BCUT2D eigenvalue weighted by molar-refractivity contribution is 5.97. The van der Waals surface area contributed by atoms with Gasteiger partial charge in [-0.2, -0.15) is 0 Å². The molecule has 1 aliphatic heterocycles. The van der Waals surface area contributed by atoms with E-state index >= 15 is 0 Å². The van der Waals surface area contributed by atoms with Crippen molar-refractivity contribution in [3.8, 4) is 5.75 Å². The van der Waals surface area contributed by atoms with Gasteiger partial charge in [0.15, 0.2) is 0 Å². The highest BCUT2D eigenvalue weighted by atomic mass is 16.5. The summed E-state index contributed by atoms with van der Waals surface area (Å²) in [5, 5.41) is 0. The number of aryl methyl sites for hydroxylation is 2. The first kappa shape index (κ1) is 20.3. The summed E-state index contributed by atoms with van der Waals surface area (Å²) in [5.41, 5.74) is 5.32. The summed E-state index contributed by atoms with van der Waals surface area (Å²) in [5.74, 6) is 2.04. The van der Waals surface area contributed by atoms with E-state index in [2.05, 4.69) is 23.6 Å². The molecule has 5 heteroatoms. The third kappa shape index (κ3) is 3.86. The smallest absolute Gasteiger partial charge is 0.227 e. The number of hydrogen-bond donors (Lipinski definition) is 0. The Labute approximate surface area is 188 Å². The van der Waals surface area contributed by atoms with Crippen LogP contribution in [0, 0.1) is 13.8 Å². The van der Waals surface area contributed by atoms with E-state index in [4.69, 9.17) is 9.72 Å². The Hall–Kier alpha value is -3.60. The lowest BCUT2D eigenvalue weighted by Gasteiger charge is -2.19.